The van der Waals surface area contributed by atoms with Crippen molar-refractivity contribution in [3.05, 3.63) is 87.3 Å². The Morgan fingerprint density at radius 1 is 0.944 bits per heavy atom. The number of carbonyl (C=O) groups excluding carboxylic acids is 2. The molecule has 0 radical (unpaired) electrons. The van der Waals surface area contributed by atoms with Crippen LogP contribution in [0.15, 0.2) is 59.5 Å². The van der Waals surface area contributed by atoms with Gasteiger partial charge in [0, 0.05) is 13.0 Å². The van der Waals surface area contributed by atoms with E-state index in [9.17, 15) is 9.59 Å². The number of imide groups is 1. The van der Waals surface area contributed by atoms with Crippen LogP contribution in [-0.2, 0) is 11.4 Å². The van der Waals surface area contributed by atoms with Gasteiger partial charge in [0.1, 0.15) is 18.1 Å². The number of carbonyl (C=O) groups is 2. The molecule has 2 N–H and O–H groups in total. The highest BCUT2D eigenvalue weighted by Gasteiger charge is 2.24. The predicted octanol–water partition coefficient (Wildman–Crippen LogP) is 5.94. The van der Waals surface area contributed by atoms with Gasteiger partial charge in [-0.1, -0.05) is 30.3 Å². The minimum atomic E-state index is -0.366. The van der Waals surface area contributed by atoms with E-state index >= 15 is 0 Å². The average molecular weight is 504 g/mol. The molecule has 2 amide bonds. The Balaban J connectivity index is 1.47. The number of amides is 2. The molecule has 0 unspecified atom stereocenters. The number of aliphatic hydroxyl groups excluding tert-OH is 1. The Hall–Kier alpha value is -3.55. The molecule has 1 saturated heterocycles. The molecule has 7 heteroatoms. The fourth-order valence-electron chi connectivity index (χ4n) is 4.19. The Morgan fingerprint density at radius 3 is 2.31 bits per heavy atom. The SMILES string of the molecule is Cc1cc(OCCCO)cc(C)c1-c1cccc(COc2ccc(/C=C3\SC(=O)NC3=O)cc2)c1C. The Bertz CT molecular complexity index is 1290. The Morgan fingerprint density at radius 2 is 1.67 bits per heavy atom. The van der Waals surface area contributed by atoms with Crippen molar-refractivity contribution in [1.29, 1.82) is 0 Å². The van der Waals surface area contributed by atoms with E-state index in [-0.39, 0.29) is 17.8 Å². The highest BCUT2D eigenvalue weighted by atomic mass is 32.2. The predicted molar refractivity (Wildman–Crippen MR) is 143 cm³/mol. The van der Waals surface area contributed by atoms with E-state index in [0.29, 0.717) is 24.5 Å². The molecule has 0 atom stereocenters. The van der Waals surface area contributed by atoms with Crippen LogP contribution in [0.25, 0.3) is 17.2 Å². The fraction of sp³-hybridized carbons (Fsp3) is 0.241. The standard InChI is InChI=1S/C29H29NO5S/c1-18-14-24(34-13-5-12-31)15-19(2)27(18)25-7-4-6-22(20(25)3)17-35-23-10-8-21(9-11-23)16-26-28(32)30-29(33)36-26/h4,6-11,14-16,31H,5,12-13,17H2,1-3H3,(H,30,32,33)/b26-16-. The number of rotatable bonds is 9. The molecule has 36 heavy (non-hydrogen) atoms. The van der Waals surface area contributed by atoms with Crippen molar-refractivity contribution in [2.24, 2.45) is 0 Å². The normalized spacial score (nSPS) is 14.3. The molecule has 6 nitrogen and oxygen atoms in total. The first-order valence-electron chi connectivity index (χ1n) is 11.8. The molecular formula is C29H29NO5S. The summed E-state index contributed by atoms with van der Waals surface area (Å²) < 4.78 is 11.8. The van der Waals surface area contributed by atoms with Gasteiger partial charge < -0.3 is 14.6 Å². The van der Waals surface area contributed by atoms with E-state index < -0.39 is 0 Å². The van der Waals surface area contributed by atoms with Crippen molar-refractivity contribution in [3.63, 3.8) is 0 Å². The molecule has 1 aliphatic heterocycles. The summed E-state index contributed by atoms with van der Waals surface area (Å²) in [4.78, 5) is 23.4. The van der Waals surface area contributed by atoms with Gasteiger partial charge in [-0.05, 0) is 102 Å². The summed E-state index contributed by atoms with van der Waals surface area (Å²) in [5.41, 5.74) is 7.70. The smallest absolute Gasteiger partial charge is 0.290 e. The lowest BCUT2D eigenvalue weighted by Gasteiger charge is -2.18. The highest BCUT2D eigenvalue weighted by Crippen LogP contribution is 2.34. The number of thioether (sulfide) groups is 1. The van der Waals surface area contributed by atoms with E-state index in [2.05, 4.69) is 38.2 Å². The quantitative estimate of drug-likeness (QED) is 0.278. The third kappa shape index (κ3) is 5.98. The summed E-state index contributed by atoms with van der Waals surface area (Å²) in [7, 11) is 0. The van der Waals surface area contributed by atoms with Crippen LogP contribution in [0.5, 0.6) is 11.5 Å². The third-order valence-electron chi connectivity index (χ3n) is 6.01. The van der Waals surface area contributed by atoms with Crippen LogP contribution in [0.3, 0.4) is 0 Å². The molecule has 1 heterocycles. The molecule has 4 rings (SSSR count). The van der Waals surface area contributed by atoms with Gasteiger partial charge in [0.15, 0.2) is 0 Å². The molecule has 0 spiro atoms. The molecular weight excluding hydrogens is 474 g/mol. The lowest BCUT2D eigenvalue weighted by Crippen LogP contribution is -2.17. The maximum Gasteiger partial charge on any atom is 0.290 e. The summed E-state index contributed by atoms with van der Waals surface area (Å²) >= 11 is 0.902. The molecule has 3 aromatic carbocycles. The van der Waals surface area contributed by atoms with Crippen LogP contribution in [0, 0.1) is 20.8 Å². The second-order valence-corrected chi connectivity index (χ2v) is 9.67. The van der Waals surface area contributed by atoms with Crippen molar-refractivity contribution in [1.82, 2.24) is 5.32 Å². The van der Waals surface area contributed by atoms with Crippen LogP contribution in [-0.4, -0.2) is 29.5 Å². The van der Waals surface area contributed by atoms with Crippen LogP contribution in [0.1, 0.15) is 34.2 Å². The fourth-order valence-corrected chi connectivity index (χ4v) is 4.87. The first-order chi connectivity index (χ1) is 17.4. The van der Waals surface area contributed by atoms with Gasteiger partial charge in [0.25, 0.3) is 11.1 Å². The van der Waals surface area contributed by atoms with Crippen molar-refractivity contribution >= 4 is 29.0 Å². The lowest BCUT2D eigenvalue weighted by molar-refractivity contribution is -0.115. The first kappa shape index (κ1) is 25.5. The van der Waals surface area contributed by atoms with Gasteiger partial charge in [-0.2, -0.15) is 0 Å². The number of aryl methyl sites for hydroxylation is 2. The summed E-state index contributed by atoms with van der Waals surface area (Å²) in [6.07, 6.45) is 2.30. The summed E-state index contributed by atoms with van der Waals surface area (Å²) in [5, 5.41) is 10.9. The van der Waals surface area contributed by atoms with E-state index in [1.165, 1.54) is 5.56 Å². The monoisotopic (exact) mass is 503 g/mol. The molecule has 0 aliphatic carbocycles. The number of benzene rings is 3. The number of hydrogen-bond acceptors (Lipinski definition) is 6. The first-order valence-corrected chi connectivity index (χ1v) is 12.6. The lowest BCUT2D eigenvalue weighted by atomic mass is 9.90. The zero-order chi connectivity index (χ0) is 25.7. The van der Waals surface area contributed by atoms with E-state index in [4.69, 9.17) is 14.6 Å². The molecule has 1 fully saturated rings. The van der Waals surface area contributed by atoms with Gasteiger partial charge in [-0.25, -0.2) is 0 Å². The minimum absolute atomic E-state index is 0.117. The van der Waals surface area contributed by atoms with Gasteiger partial charge in [-0.15, -0.1) is 0 Å². The molecule has 1 aliphatic rings. The van der Waals surface area contributed by atoms with Gasteiger partial charge in [-0.3, -0.25) is 14.9 Å². The third-order valence-corrected chi connectivity index (χ3v) is 6.82. The topological polar surface area (TPSA) is 84.9 Å². The maximum atomic E-state index is 11.7. The number of ether oxygens (including phenoxy) is 2. The van der Waals surface area contributed by atoms with Crippen molar-refractivity contribution in [3.8, 4) is 22.6 Å². The van der Waals surface area contributed by atoms with Gasteiger partial charge in [0.2, 0.25) is 0 Å². The largest absolute Gasteiger partial charge is 0.493 e. The summed E-state index contributed by atoms with van der Waals surface area (Å²) in [6, 6.07) is 17.8. The number of nitrogens with one attached hydrogen (secondary N) is 1. The summed E-state index contributed by atoms with van der Waals surface area (Å²) in [6.45, 7) is 7.32. The summed E-state index contributed by atoms with van der Waals surface area (Å²) in [5.74, 6) is 1.17. The van der Waals surface area contributed by atoms with E-state index in [0.717, 1.165) is 56.6 Å². The van der Waals surface area contributed by atoms with Crippen LogP contribution >= 0.6 is 11.8 Å². The molecule has 0 bridgehead atoms. The average Bonchev–Trinajstić information content (AvgIpc) is 3.16. The number of hydrogen-bond donors (Lipinski definition) is 2. The Kier molecular flexibility index (Phi) is 8.13. The molecule has 0 aromatic heterocycles. The van der Waals surface area contributed by atoms with E-state index in [1.807, 2.05) is 42.5 Å². The van der Waals surface area contributed by atoms with Crippen LogP contribution < -0.4 is 14.8 Å². The Labute approximate surface area is 215 Å². The highest BCUT2D eigenvalue weighted by molar-refractivity contribution is 8.18. The second kappa shape index (κ2) is 11.5. The van der Waals surface area contributed by atoms with E-state index in [1.54, 1.807) is 6.08 Å². The van der Waals surface area contributed by atoms with Crippen LogP contribution in [0.4, 0.5) is 4.79 Å². The number of aliphatic hydroxyl groups is 1. The van der Waals surface area contributed by atoms with Crippen molar-refractivity contribution in [2.45, 2.75) is 33.8 Å². The maximum absolute atomic E-state index is 11.7. The van der Waals surface area contributed by atoms with Crippen molar-refractivity contribution in [2.75, 3.05) is 13.2 Å². The zero-order valence-corrected chi connectivity index (χ0v) is 21.4. The molecule has 3 aromatic rings. The minimum Gasteiger partial charge on any atom is -0.493 e. The molecule has 0 saturated carbocycles. The van der Waals surface area contributed by atoms with Gasteiger partial charge >= 0.3 is 0 Å². The van der Waals surface area contributed by atoms with Gasteiger partial charge in [0.05, 0.1) is 11.5 Å². The molecule has 186 valence electrons. The zero-order valence-electron chi connectivity index (χ0n) is 20.6. The van der Waals surface area contributed by atoms with Crippen molar-refractivity contribution < 1.29 is 24.2 Å². The van der Waals surface area contributed by atoms with Crippen LogP contribution in [0.2, 0.25) is 0 Å². The second-order valence-electron chi connectivity index (χ2n) is 8.66.